The van der Waals surface area contributed by atoms with Gasteiger partial charge in [-0.1, -0.05) is 121 Å². The van der Waals surface area contributed by atoms with Crippen LogP contribution in [0, 0.1) is 0 Å². The van der Waals surface area contributed by atoms with Gasteiger partial charge in [0.2, 0.25) is 0 Å². The molecule has 4 aromatic carbocycles. The summed E-state index contributed by atoms with van der Waals surface area (Å²) in [5.74, 6) is 0. The van der Waals surface area contributed by atoms with Gasteiger partial charge in [-0.15, -0.1) is 0 Å². The summed E-state index contributed by atoms with van der Waals surface area (Å²) in [4.78, 5) is 2.31. The average molecular weight is 524 g/mol. The van der Waals surface area contributed by atoms with Crippen LogP contribution in [0.25, 0.3) is 0 Å². The Bertz CT molecular complexity index is 1220. The van der Waals surface area contributed by atoms with Crippen LogP contribution >= 0.6 is 0 Å². The van der Waals surface area contributed by atoms with Gasteiger partial charge in [0.05, 0.1) is 45.1 Å². The molecule has 1 aliphatic heterocycles. The number of aliphatic hydroxyl groups is 1. The second kappa shape index (κ2) is 14.2. The maximum atomic E-state index is 10.7. The number of benzene rings is 4. The minimum absolute atomic E-state index is 0.0350. The predicted molar refractivity (Wildman–Crippen MR) is 153 cm³/mol. The van der Waals surface area contributed by atoms with E-state index in [1.807, 2.05) is 72.8 Å². The van der Waals surface area contributed by atoms with E-state index in [4.69, 9.17) is 14.2 Å². The maximum Gasteiger partial charge on any atom is 0.103 e. The summed E-state index contributed by atoms with van der Waals surface area (Å²) in [6.07, 6.45) is -0.612. The van der Waals surface area contributed by atoms with E-state index in [1.54, 1.807) is 0 Å². The van der Waals surface area contributed by atoms with Crippen LogP contribution < -0.4 is 0 Å². The summed E-state index contributed by atoms with van der Waals surface area (Å²) in [6, 6.07) is 40.6. The zero-order valence-corrected chi connectivity index (χ0v) is 22.2. The number of aliphatic hydroxyl groups excluding tert-OH is 1. The molecular formula is C34H37NO4. The van der Waals surface area contributed by atoms with Crippen molar-refractivity contribution in [2.45, 2.75) is 50.7 Å². The fourth-order valence-corrected chi connectivity index (χ4v) is 5.31. The molecule has 0 unspecified atom stereocenters. The van der Waals surface area contributed by atoms with E-state index in [0.29, 0.717) is 33.0 Å². The minimum Gasteiger partial charge on any atom is -0.395 e. The largest absolute Gasteiger partial charge is 0.395 e. The maximum absolute atomic E-state index is 10.7. The van der Waals surface area contributed by atoms with Gasteiger partial charge in [0.15, 0.2) is 0 Å². The van der Waals surface area contributed by atoms with Crippen molar-refractivity contribution in [3.8, 4) is 0 Å². The van der Waals surface area contributed by atoms with Gasteiger partial charge in [0.25, 0.3) is 0 Å². The first-order valence-electron chi connectivity index (χ1n) is 13.6. The van der Waals surface area contributed by atoms with Crippen molar-refractivity contribution in [1.29, 1.82) is 0 Å². The second-order valence-corrected chi connectivity index (χ2v) is 10.00. The number of rotatable bonds is 13. The number of likely N-dealkylation sites (tertiary alicyclic amines) is 1. The molecule has 5 nitrogen and oxygen atoms in total. The molecule has 39 heavy (non-hydrogen) atoms. The molecule has 4 atom stereocenters. The number of nitrogens with zero attached hydrogens (tertiary/aromatic N) is 1. The van der Waals surface area contributed by atoms with Gasteiger partial charge in [-0.05, 0) is 22.3 Å². The molecule has 4 aromatic rings. The van der Waals surface area contributed by atoms with Crippen LogP contribution in [0.5, 0.6) is 0 Å². The van der Waals surface area contributed by atoms with E-state index in [-0.39, 0.29) is 30.9 Å². The number of hydrogen-bond acceptors (Lipinski definition) is 5. The van der Waals surface area contributed by atoms with Gasteiger partial charge in [0.1, 0.15) is 12.2 Å². The highest BCUT2D eigenvalue weighted by Crippen LogP contribution is 2.33. The molecule has 1 fully saturated rings. The Labute approximate surface area is 231 Å². The highest BCUT2D eigenvalue weighted by molar-refractivity contribution is 5.18. The van der Waals surface area contributed by atoms with Gasteiger partial charge < -0.3 is 19.3 Å². The third-order valence-electron chi connectivity index (χ3n) is 7.30. The normalized spacial score (nSPS) is 21.3. The third kappa shape index (κ3) is 7.41. The van der Waals surface area contributed by atoms with Gasteiger partial charge in [-0.2, -0.15) is 0 Å². The van der Waals surface area contributed by atoms with E-state index in [2.05, 4.69) is 53.4 Å². The summed E-state index contributed by atoms with van der Waals surface area (Å²) in [5, 5.41) is 10.7. The Hall–Kier alpha value is -3.32. The molecule has 5 rings (SSSR count). The van der Waals surface area contributed by atoms with E-state index < -0.39 is 0 Å². The molecule has 0 radical (unpaired) electrons. The number of ether oxygens (including phenoxy) is 3. The van der Waals surface area contributed by atoms with Crippen molar-refractivity contribution in [3.05, 3.63) is 144 Å². The quantitative estimate of drug-likeness (QED) is 0.247. The average Bonchev–Trinajstić information content (AvgIpc) is 3.27. The minimum atomic E-state index is -0.326. The van der Waals surface area contributed by atoms with Crippen molar-refractivity contribution in [2.75, 3.05) is 13.2 Å². The van der Waals surface area contributed by atoms with Crippen LogP contribution in [0.15, 0.2) is 121 Å². The standard InChI is InChI=1S/C34H37NO4/c36-22-31-33(38-24-29-17-9-3-10-18-29)34(39-25-30-19-11-4-12-20-30)32(26-37-23-28-15-7-2-8-16-28)35(31)21-27-13-5-1-6-14-27/h1-20,31-34,36H,21-26H2/t31-,32-,33-,34-/m1/s1. The van der Waals surface area contributed by atoms with Crippen LogP contribution in [-0.4, -0.2) is 47.5 Å². The summed E-state index contributed by atoms with van der Waals surface area (Å²) >= 11 is 0. The highest BCUT2D eigenvalue weighted by Gasteiger charge is 2.50. The number of hydrogen-bond donors (Lipinski definition) is 1. The van der Waals surface area contributed by atoms with Crippen LogP contribution in [-0.2, 0) is 40.6 Å². The molecule has 0 aromatic heterocycles. The topological polar surface area (TPSA) is 51.2 Å². The first-order chi connectivity index (χ1) is 19.3. The smallest absolute Gasteiger partial charge is 0.103 e. The lowest BCUT2D eigenvalue weighted by atomic mass is 10.1. The molecule has 1 saturated heterocycles. The predicted octanol–water partition coefficient (Wildman–Crippen LogP) is 5.62. The Morgan fingerprint density at radius 3 is 1.38 bits per heavy atom. The molecule has 1 aliphatic rings. The molecule has 5 heteroatoms. The Balaban J connectivity index is 1.40. The van der Waals surface area contributed by atoms with Crippen LogP contribution in [0.4, 0.5) is 0 Å². The zero-order chi connectivity index (χ0) is 26.7. The molecule has 1 heterocycles. The molecule has 0 amide bonds. The lowest BCUT2D eigenvalue weighted by Gasteiger charge is -2.30. The van der Waals surface area contributed by atoms with Gasteiger partial charge in [-0.25, -0.2) is 0 Å². The summed E-state index contributed by atoms with van der Waals surface area (Å²) in [5.41, 5.74) is 4.50. The SMILES string of the molecule is OC[C@@H]1[C@@H](OCc2ccccc2)[C@H](OCc2ccccc2)[C@@H](COCc2ccccc2)N1Cc1ccccc1. The summed E-state index contributed by atoms with van der Waals surface area (Å²) < 4.78 is 19.5. The summed E-state index contributed by atoms with van der Waals surface area (Å²) in [6.45, 7) is 2.52. The van der Waals surface area contributed by atoms with E-state index >= 15 is 0 Å². The van der Waals surface area contributed by atoms with Crippen molar-refractivity contribution in [2.24, 2.45) is 0 Å². The monoisotopic (exact) mass is 523 g/mol. The zero-order valence-electron chi connectivity index (χ0n) is 22.2. The van der Waals surface area contributed by atoms with Crippen LogP contribution in [0.3, 0.4) is 0 Å². The lowest BCUT2D eigenvalue weighted by Crippen LogP contribution is -2.43. The highest BCUT2D eigenvalue weighted by atomic mass is 16.5. The molecule has 0 spiro atoms. The fraction of sp³-hybridized carbons (Fsp3) is 0.294. The molecule has 202 valence electrons. The van der Waals surface area contributed by atoms with Gasteiger partial charge in [-0.3, -0.25) is 4.90 Å². The van der Waals surface area contributed by atoms with E-state index in [1.165, 1.54) is 5.56 Å². The Morgan fingerprint density at radius 1 is 0.513 bits per heavy atom. The van der Waals surface area contributed by atoms with Crippen LogP contribution in [0.1, 0.15) is 22.3 Å². The third-order valence-corrected chi connectivity index (χ3v) is 7.30. The Morgan fingerprint density at radius 2 is 0.923 bits per heavy atom. The lowest BCUT2D eigenvalue weighted by molar-refractivity contribution is -0.0888. The van der Waals surface area contributed by atoms with E-state index in [0.717, 1.165) is 16.7 Å². The fourth-order valence-electron chi connectivity index (χ4n) is 5.31. The van der Waals surface area contributed by atoms with Crippen LogP contribution in [0.2, 0.25) is 0 Å². The van der Waals surface area contributed by atoms with Gasteiger partial charge in [0, 0.05) is 6.54 Å². The molecular weight excluding hydrogens is 486 g/mol. The molecule has 0 aliphatic carbocycles. The molecule has 0 saturated carbocycles. The first kappa shape index (κ1) is 27.3. The van der Waals surface area contributed by atoms with Gasteiger partial charge >= 0.3 is 0 Å². The molecule has 0 bridgehead atoms. The van der Waals surface area contributed by atoms with Crippen molar-refractivity contribution >= 4 is 0 Å². The Kier molecular flexibility index (Phi) is 9.91. The van der Waals surface area contributed by atoms with Crippen molar-refractivity contribution in [1.82, 2.24) is 4.90 Å². The van der Waals surface area contributed by atoms with Crippen molar-refractivity contribution < 1.29 is 19.3 Å². The van der Waals surface area contributed by atoms with Crippen molar-refractivity contribution in [3.63, 3.8) is 0 Å². The summed E-state index contributed by atoms with van der Waals surface area (Å²) in [7, 11) is 0. The first-order valence-corrected chi connectivity index (χ1v) is 13.6. The van der Waals surface area contributed by atoms with E-state index in [9.17, 15) is 5.11 Å². The second-order valence-electron chi connectivity index (χ2n) is 10.00. The molecule has 1 N–H and O–H groups in total.